The number of ether oxygens (including phenoxy) is 8. The number of hydrogen-bond acceptors (Lipinski definition) is 19. The average Bonchev–Trinajstić information content (AvgIpc) is 3.02. The normalized spacial score (nSPS) is 51.9. The molecule has 4 aliphatic rings. The summed E-state index contributed by atoms with van der Waals surface area (Å²) >= 11 is 0. The molecule has 0 aliphatic carbocycles. The third-order valence-electron chi connectivity index (χ3n) is 8.64. The van der Waals surface area contributed by atoms with E-state index in [1.165, 1.54) is 13.8 Å². The van der Waals surface area contributed by atoms with Gasteiger partial charge in [-0.05, 0) is 13.8 Å². The second-order valence-electron chi connectivity index (χ2n) is 11.7. The smallest absolute Gasteiger partial charge is 0.335 e. The first-order chi connectivity index (χ1) is 21.7. The standard InChI is InChI=1S/C26H44O20/c1-6-10(29)12(31)18(7(2)40-6)43-24-15(34)13(32)19(9(5-28)42-24)44-25-16(35)14(33)21(22(46-25)23(37)38)45-26-17(36)20(39-3)11(30)8(4-27)41-26/h6-22,24-36H,4-5H2,1-3H3,(H,37,38)/t6-,7?,8?,9?,10?,11+,12+,13+,14-,15?,16?,17?,18-,19+,20-,21-,22?,24-,25+,26-/m0/s1. The highest BCUT2D eigenvalue weighted by Crippen LogP contribution is 2.34. The summed E-state index contributed by atoms with van der Waals surface area (Å²) in [5.41, 5.74) is 0. The fourth-order valence-electron chi connectivity index (χ4n) is 5.98. The van der Waals surface area contributed by atoms with Gasteiger partial charge in [-0.1, -0.05) is 0 Å². The molecule has 0 aromatic rings. The molecule has 4 aliphatic heterocycles. The SMILES string of the molecule is CO[C@@H]1C(O)[C@H](O[C@@H]2C(C(=O)O)O[C@@H](O[C@@H]3C(CO)O[C@@H](O[C@H]4C(C)O[C@@H](C)C(O)[C@H]4O)C(O)[C@H]3O)C(O)[C@@H]2O)OC(CO)[C@H]1O. The lowest BCUT2D eigenvalue weighted by Crippen LogP contribution is -2.67. The van der Waals surface area contributed by atoms with Crippen LogP contribution in [-0.4, -0.2) is 205 Å². The quantitative estimate of drug-likeness (QED) is 0.102. The lowest BCUT2D eigenvalue weighted by atomic mass is 9.95. The zero-order chi connectivity index (χ0) is 34.2. The summed E-state index contributed by atoms with van der Waals surface area (Å²) in [7, 11) is 1.14. The molecule has 4 rings (SSSR count). The van der Waals surface area contributed by atoms with Crippen molar-refractivity contribution in [3.8, 4) is 0 Å². The lowest BCUT2D eigenvalue weighted by Gasteiger charge is -2.48. The highest BCUT2D eigenvalue weighted by atomic mass is 16.8. The molecule has 0 spiro atoms. The van der Waals surface area contributed by atoms with Crippen LogP contribution >= 0.6 is 0 Å². The van der Waals surface area contributed by atoms with E-state index in [1.54, 1.807) is 0 Å². The molecule has 0 radical (unpaired) electrons. The third-order valence-corrected chi connectivity index (χ3v) is 8.64. The minimum Gasteiger partial charge on any atom is -0.479 e. The van der Waals surface area contributed by atoms with Crippen LogP contribution < -0.4 is 0 Å². The molecule has 20 heteroatoms. The van der Waals surface area contributed by atoms with Gasteiger partial charge in [0, 0.05) is 7.11 Å². The van der Waals surface area contributed by atoms with Crippen LogP contribution in [0.5, 0.6) is 0 Å². The number of rotatable bonds is 10. The summed E-state index contributed by atoms with van der Waals surface area (Å²) in [6.45, 7) is 1.44. The van der Waals surface area contributed by atoms with E-state index in [-0.39, 0.29) is 0 Å². The predicted octanol–water partition coefficient (Wildman–Crippen LogP) is -6.90. The zero-order valence-electron chi connectivity index (χ0n) is 25.1. The summed E-state index contributed by atoms with van der Waals surface area (Å²) in [6, 6.07) is 0. The Morgan fingerprint density at radius 2 is 1.02 bits per heavy atom. The molecule has 4 heterocycles. The second-order valence-corrected chi connectivity index (χ2v) is 11.7. The lowest BCUT2D eigenvalue weighted by molar-refractivity contribution is -0.381. The van der Waals surface area contributed by atoms with Crippen molar-refractivity contribution in [3.63, 3.8) is 0 Å². The topological polar surface area (TPSA) is 313 Å². The van der Waals surface area contributed by atoms with Crippen LogP contribution in [0, 0.1) is 0 Å². The van der Waals surface area contributed by atoms with Crippen LogP contribution in [-0.2, 0) is 42.7 Å². The minimum absolute atomic E-state index is 0.736. The van der Waals surface area contributed by atoms with Crippen molar-refractivity contribution in [2.75, 3.05) is 20.3 Å². The van der Waals surface area contributed by atoms with Gasteiger partial charge in [-0.3, -0.25) is 0 Å². The van der Waals surface area contributed by atoms with Gasteiger partial charge in [-0.2, -0.15) is 0 Å². The van der Waals surface area contributed by atoms with E-state index < -0.39 is 142 Å². The zero-order valence-corrected chi connectivity index (χ0v) is 25.1. The Hall–Kier alpha value is -1.25. The molecule has 20 nitrogen and oxygen atoms in total. The number of aliphatic carboxylic acids is 1. The Kier molecular flexibility index (Phi) is 12.7. The second kappa shape index (κ2) is 15.5. The van der Waals surface area contributed by atoms with Gasteiger partial charge in [-0.15, -0.1) is 0 Å². The number of aliphatic hydroxyl groups excluding tert-OH is 10. The van der Waals surface area contributed by atoms with Crippen LogP contribution in [0.25, 0.3) is 0 Å². The summed E-state index contributed by atoms with van der Waals surface area (Å²) in [6.07, 6.45) is -32.4. The largest absolute Gasteiger partial charge is 0.479 e. The van der Waals surface area contributed by atoms with E-state index in [0.29, 0.717) is 0 Å². The van der Waals surface area contributed by atoms with Crippen molar-refractivity contribution >= 4 is 5.97 Å². The average molecular weight is 677 g/mol. The van der Waals surface area contributed by atoms with Crippen molar-refractivity contribution in [2.45, 2.75) is 136 Å². The van der Waals surface area contributed by atoms with Crippen LogP contribution in [0.4, 0.5) is 0 Å². The monoisotopic (exact) mass is 676 g/mol. The molecule has 0 amide bonds. The molecule has 11 N–H and O–H groups in total. The van der Waals surface area contributed by atoms with Crippen molar-refractivity contribution in [1.82, 2.24) is 0 Å². The molecular formula is C26H44O20. The van der Waals surface area contributed by atoms with Gasteiger partial charge in [0.15, 0.2) is 25.0 Å². The van der Waals surface area contributed by atoms with Crippen molar-refractivity contribution in [2.24, 2.45) is 0 Å². The van der Waals surface area contributed by atoms with Crippen LogP contribution in [0.3, 0.4) is 0 Å². The number of carboxylic acids is 1. The fourth-order valence-corrected chi connectivity index (χ4v) is 5.98. The Labute approximate surface area is 262 Å². The first kappa shape index (κ1) is 37.6. The maximum absolute atomic E-state index is 12.2. The summed E-state index contributed by atoms with van der Waals surface area (Å²) < 4.78 is 43.5. The Morgan fingerprint density at radius 3 is 1.59 bits per heavy atom. The number of hydrogen-bond donors (Lipinski definition) is 11. The first-order valence-corrected chi connectivity index (χ1v) is 14.7. The summed E-state index contributed by atoms with van der Waals surface area (Å²) in [5.74, 6) is -1.73. The highest BCUT2D eigenvalue weighted by Gasteiger charge is 2.56. The van der Waals surface area contributed by atoms with Gasteiger partial charge in [0.05, 0.1) is 25.4 Å². The van der Waals surface area contributed by atoms with Crippen LogP contribution in [0.15, 0.2) is 0 Å². The molecule has 0 aromatic heterocycles. The minimum atomic E-state index is -2.12. The molecule has 20 atom stereocenters. The third kappa shape index (κ3) is 7.34. The molecule has 0 bridgehead atoms. The fraction of sp³-hybridized carbons (Fsp3) is 0.962. The molecule has 8 unspecified atom stereocenters. The highest BCUT2D eigenvalue weighted by molar-refractivity contribution is 5.73. The van der Waals surface area contributed by atoms with Crippen molar-refractivity contribution in [1.29, 1.82) is 0 Å². The Balaban J connectivity index is 1.46. The number of carboxylic acid groups (broad SMARTS) is 1. The van der Waals surface area contributed by atoms with Crippen molar-refractivity contribution < 1.29 is 98.9 Å². The maximum atomic E-state index is 12.2. The number of methoxy groups -OCH3 is 1. The Morgan fingerprint density at radius 1 is 0.543 bits per heavy atom. The van der Waals surface area contributed by atoms with E-state index in [2.05, 4.69) is 0 Å². The van der Waals surface area contributed by atoms with E-state index in [0.717, 1.165) is 7.11 Å². The van der Waals surface area contributed by atoms with E-state index in [1.807, 2.05) is 0 Å². The Bertz CT molecular complexity index is 989. The van der Waals surface area contributed by atoms with Gasteiger partial charge in [-0.25, -0.2) is 4.79 Å². The molecule has 4 fully saturated rings. The molecule has 0 saturated carbocycles. The first-order valence-electron chi connectivity index (χ1n) is 14.7. The molecule has 4 saturated heterocycles. The summed E-state index contributed by atoms with van der Waals surface area (Å²) in [4.78, 5) is 12.2. The van der Waals surface area contributed by atoms with Gasteiger partial charge in [0.25, 0.3) is 0 Å². The van der Waals surface area contributed by atoms with Gasteiger partial charge in [0.2, 0.25) is 0 Å². The van der Waals surface area contributed by atoms with Gasteiger partial charge >= 0.3 is 5.97 Å². The van der Waals surface area contributed by atoms with Crippen LogP contribution in [0.2, 0.25) is 0 Å². The van der Waals surface area contributed by atoms with Gasteiger partial charge < -0.3 is 94.1 Å². The molecule has 268 valence electrons. The number of aliphatic hydroxyl groups is 10. The van der Waals surface area contributed by atoms with Crippen molar-refractivity contribution in [3.05, 3.63) is 0 Å². The maximum Gasteiger partial charge on any atom is 0.335 e. The van der Waals surface area contributed by atoms with Gasteiger partial charge in [0.1, 0.15) is 85.5 Å². The molecule has 0 aromatic carbocycles. The van der Waals surface area contributed by atoms with E-state index in [9.17, 15) is 61.0 Å². The van der Waals surface area contributed by atoms with Crippen LogP contribution in [0.1, 0.15) is 13.8 Å². The van der Waals surface area contributed by atoms with E-state index in [4.69, 9.17) is 37.9 Å². The molecule has 46 heavy (non-hydrogen) atoms. The molecular weight excluding hydrogens is 632 g/mol. The summed E-state index contributed by atoms with van der Waals surface area (Å²) in [5, 5.41) is 114. The number of carbonyl (C=O) groups is 1. The predicted molar refractivity (Wildman–Crippen MR) is 141 cm³/mol. The van der Waals surface area contributed by atoms with E-state index >= 15 is 0 Å².